The summed E-state index contributed by atoms with van der Waals surface area (Å²) in [5.74, 6) is -0.211. The Morgan fingerprint density at radius 1 is 0.967 bits per heavy atom. The van der Waals surface area contributed by atoms with Crippen molar-refractivity contribution in [3.8, 4) is 11.3 Å². The van der Waals surface area contributed by atoms with E-state index in [4.69, 9.17) is 0 Å². The van der Waals surface area contributed by atoms with Crippen LogP contribution in [0.15, 0.2) is 88.8 Å². The van der Waals surface area contributed by atoms with Crippen molar-refractivity contribution >= 4 is 16.7 Å². The summed E-state index contributed by atoms with van der Waals surface area (Å²) in [6.45, 7) is 1.65. The molecular formula is C24H19N3O3. The van der Waals surface area contributed by atoms with Crippen molar-refractivity contribution in [2.75, 3.05) is 0 Å². The first-order valence-corrected chi connectivity index (χ1v) is 9.46. The number of rotatable bonds is 4. The average Bonchev–Trinajstić information content (AvgIpc) is 2.89. The van der Waals surface area contributed by atoms with Gasteiger partial charge in [-0.05, 0) is 18.6 Å². The number of benzene rings is 3. The summed E-state index contributed by atoms with van der Waals surface area (Å²) in [6.07, 6.45) is 0. The average molecular weight is 397 g/mol. The van der Waals surface area contributed by atoms with Gasteiger partial charge >= 0.3 is 0 Å². The van der Waals surface area contributed by atoms with Gasteiger partial charge in [-0.1, -0.05) is 78.0 Å². The van der Waals surface area contributed by atoms with Gasteiger partial charge in [-0.2, -0.15) is 0 Å². The number of carbonyl (C=O) groups is 1. The van der Waals surface area contributed by atoms with Crippen LogP contribution in [0.2, 0.25) is 0 Å². The Labute approximate surface area is 172 Å². The lowest BCUT2D eigenvalue weighted by molar-refractivity contribution is 0.0971. The maximum Gasteiger partial charge on any atom is 0.299 e. The van der Waals surface area contributed by atoms with E-state index in [0.717, 1.165) is 11.1 Å². The molecule has 6 nitrogen and oxygen atoms in total. The third kappa shape index (κ3) is 3.51. The maximum absolute atomic E-state index is 13.1. The molecule has 30 heavy (non-hydrogen) atoms. The molecule has 0 atom stereocenters. The van der Waals surface area contributed by atoms with Gasteiger partial charge in [0.2, 0.25) is 0 Å². The Bertz CT molecular complexity index is 1380. The first-order chi connectivity index (χ1) is 14.6. The summed E-state index contributed by atoms with van der Waals surface area (Å²) in [4.78, 5) is 30.5. The molecule has 1 heterocycles. The van der Waals surface area contributed by atoms with Crippen LogP contribution in [-0.4, -0.2) is 20.5 Å². The molecule has 0 radical (unpaired) electrons. The molecule has 0 saturated heterocycles. The molecule has 3 aromatic carbocycles. The molecule has 0 aliphatic rings. The van der Waals surface area contributed by atoms with Crippen LogP contribution in [0.1, 0.15) is 15.9 Å². The minimum Gasteiger partial charge on any atom is -0.409 e. The van der Waals surface area contributed by atoms with E-state index in [2.05, 4.69) is 10.1 Å². The van der Waals surface area contributed by atoms with E-state index in [1.54, 1.807) is 24.3 Å². The zero-order chi connectivity index (χ0) is 21.1. The number of nitrogens with zero attached hydrogens (tertiary/aromatic N) is 3. The molecule has 4 aromatic rings. The molecular weight excluding hydrogens is 378 g/mol. The molecule has 1 N–H and O–H groups in total. The number of hydrogen-bond donors (Lipinski definition) is 1. The van der Waals surface area contributed by atoms with Gasteiger partial charge in [0.05, 0.1) is 17.8 Å². The number of Topliss-reactive ketones (excluding diaryl/α,β-unsaturated/α-hetero) is 1. The summed E-state index contributed by atoms with van der Waals surface area (Å²) in [5.41, 5.74) is 2.16. The van der Waals surface area contributed by atoms with Crippen LogP contribution in [0.25, 0.3) is 22.2 Å². The predicted octanol–water partition coefficient (Wildman–Crippen LogP) is 3.54. The smallest absolute Gasteiger partial charge is 0.299 e. The second-order valence-electron chi connectivity index (χ2n) is 6.90. The standard InChI is InChI=1S/C24H19N3O3/c1-16-9-5-6-12-18(16)21(28)15-27-20-14-8-7-13-19(20)22(17-10-3-2-4-11-17)25-23(26-30)24(27)29/h2-14,30H,15H2,1H3/b26-23+. The number of hydrogen-bond acceptors (Lipinski definition) is 5. The lowest BCUT2D eigenvalue weighted by Gasteiger charge is -2.09. The van der Waals surface area contributed by atoms with Gasteiger partial charge in [-0.25, -0.2) is 4.98 Å². The number of aryl methyl sites for hydroxylation is 1. The largest absolute Gasteiger partial charge is 0.409 e. The lowest BCUT2D eigenvalue weighted by atomic mass is 10.0. The highest BCUT2D eigenvalue weighted by Crippen LogP contribution is 2.24. The van der Waals surface area contributed by atoms with E-state index in [1.165, 1.54) is 4.57 Å². The maximum atomic E-state index is 13.1. The number of para-hydroxylation sites is 1. The van der Waals surface area contributed by atoms with Crippen molar-refractivity contribution < 1.29 is 10.0 Å². The molecule has 0 unspecified atom stereocenters. The van der Waals surface area contributed by atoms with E-state index < -0.39 is 5.56 Å². The van der Waals surface area contributed by atoms with E-state index in [-0.39, 0.29) is 17.8 Å². The van der Waals surface area contributed by atoms with Crippen LogP contribution in [0.4, 0.5) is 0 Å². The molecule has 4 rings (SSSR count). The van der Waals surface area contributed by atoms with Crippen molar-refractivity contribution in [2.24, 2.45) is 5.16 Å². The highest BCUT2D eigenvalue weighted by Gasteiger charge is 2.15. The third-order valence-corrected chi connectivity index (χ3v) is 4.99. The topological polar surface area (TPSA) is 84.5 Å². The van der Waals surface area contributed by atoms with Crippen LogP contribution < -0.4 is 11.0 Å². The van der Waals surface area contributed by atoms with Gasteiger partial charge in [-0.3, -0.25) is 14.2 Å². The highest BCUT2D eigenvalue weighted by atomic mass is 16.4. The Balaban J connectivity index is 2.02. The van der Waals surface area contributed by atoms with Crippen LogP contribution in [-0.2, 0) is 6.54 Å². The monoisotopic (exact) mass is 397 g/mol. The van der Waals surface area contributed by atoms with Gasteiger partial charge in [0.25, 0.3) is 11.0 Å². The Hall–Kier alpha value is -4.06. The van der Waals surface area contributed by atoms with Gasteiger partial charge in [0.15, 0.2) is 5.78 Å². The first kappa shape index (κ1) is 19.3. The van der Waals surface area contributed by atoms with Crippen LogP contribution >= 0.6 is 0 Å². The Morgan fingerprint density at radius 3 is 2.37 bits per heavy atom. The summed E-state index contributed by atoms with van der Waals surface area (Å²) in [7, 11) is 0. The number of ketones is 1. The fourth-order valence-electron chi connectivity index (χ4n) is 3.51. The lowest BCUT2D eigenvalue weighted by Crippen LogP contribution is -2.36. The SMILES string of the molecule is Cc1ccccc1C(=O)Cn1c(=O)/c(=N\O)nc(-c2ccccc2)c2ccccc21. The van der Waals surface area contributed by atoms with E-state index >= 15 is 0 Å². The molecule has 148 valence electrons. The summed E-state index contributed by atoms with van der Waals surface area (Å²) in [5, 5.41) is 13.3. The van der Waals surface area contributed by atoms with Crippen molar-refractivity contribution in [3.63, 3.8) is 0 Å². The second-order valence-corrected chi connectivity index (χ2v) is 6.90. The van der Waals surface area contributed by atoms with E-state index in [9.17, 15) is 14.8 Å². The third-order valence-electron chi connectivity index (χ3n) is 4.99. The van der Waals surface area contributed by atoms with E-state index in [1.807, 2.05) is 61.5 Å². The quantitative estimate of drug-likeness (QED) is 0.324. The van der Waals surface area contributed by atoms with Crippen LogP contribution in [0.5, 0.6) is 0 Å². The van der Waals surface area contributed by atoms with Crippen LogP contribution in [0, 0.1) is 6.92 Å². The molecule has 1 aromatic heterocycles. The van der Waals surface area contributed by atoms with Gasteiger partial charge in [-0.15, -0.1) is 0 Å². The van der Waals surface area contributed by atoms with Gasteiger partial charge in [0.1, 0.15) is 0 Å². The number of aromatic nitrogens is 2. The molecule has 0 spiro atoms. The summed E-state index contributed by atoms with van der Waals surface area (Å²) in [6, 6.07) is 23.8. The van der Waals surface area contributed by atoms with Gasteiger partial charge in [0, 0.05) is 16.5 Å². The van der Waals surface area contributed by atoms with Crippen molar-refractivity contribution in [1.29, 1.82) is 0 Å². The molecule has 0 saturated carbocycles. The highest BCUT2D eigenvalue weighted by molar-refractivity contribution is 5.98. The van der Waals surface area contributed by atoms with Crippen LogP contribution in [0.3, 0.4) is 0 Å². The minimum absolute atomic E-state index is 0.197. The fourth-order valence-corrected chi connectivity index (χ4v) is 3.51. The molecule has 0 aliphatic carbocycles. The molecule has 6 heteroatoms. The Morgan fingerprint density at radius 2 is 1.63 bits per heavy atom. The Kier molecular flexibility index (Phi) is 5.22. The molecule has 0 bridgehead atoms. The second kappa shape index (κ2) is 8.13. The summed E-state index contributed by atoms with van der Waals surface area (Å²) < 4.78 is 1.32. The first-order valence-electron chi connectivity index (χ1n) is 9.46. The molecule has 0 aliphatic heterocycles. The molecule has 0 amide bonds. The van der Waals surface area contributed by atoms with Crippen molar-refractivity contribution in [2.45, 2.75) is 13.5 Å². The number of fused-ring (bicyclic) bond motifs is 1. The fraction of sp³-hybridized carbons (Fsp3) is 0.0833. The van der Waals surface area contributed by atoms with Crippen molar-refractivity contribution in [1.82, 2.24) is 9.55 Å². The molecule has 0 fully saturated rings. The van der Waals surface area contributed by atoms with E-state index in [0.29, 0.717) is 22.2 Å². The summed E-state index contributed by atoms with van der Waals surface area (Å²) >= 11 is 0. The van der Waals surface area contributed by atoms with Gasteiger partial charge < -0.3 is 5.21 Å². The normalized spacial score (nSPS) is 11.6. The predicted molar refractivity (Wildman–Crippen MR) is 114 cm³/mol. The minimum atomic E-state index is -0.641. The van der Waals surface area contributed by atoms with Crippen molar-refractivity contribution in [3.05, 3.63) is 106 Å². The number of carbonyl (C=O) groups excluding carboxylic acids is 1. The zero-order valence-corrected chi connectivity index (χ0v) is 16.3. The zero-order valence-electron chi connectivity index (χ0n) is 16.3.